The number of nitrogens with zero attached hydrogens (tertiary/aromatic N) is 4. The number of rotatable bonds is 5. The average Bonchev–Trinajstić information content (AvgIpc) is 3.39. The number of benzene rings is 3. The molecule has 0 saturated carbocycles. The van der Waals surface area contributed by atoms with Crippen LogP contribution in [-0.4, -0.2) is 43.3 Å². The second-order valence-electron chi connectivity index (χ2n) is 9.97. The van der Waals surface area contributed by atoms with E-state index < -0.39 is 6.04 Å². The largest absolute Gasteiger partial charge is 0.342 e. The third-order valence-electron chi connectivity index (χ3n) is 7.16. The van der Waals surface area contributed by atoms with Crippen molar-refractivity contribution in [3.05, 3.63) is 81.9 Å². The van der Waals surface area contributed by atoms with Crippen LogP contribution in [0.1, 0.15) is 41.1 Å². The van der Waals surface area contributed by atoms with Gasteiger partial charge in [-0.05, 0) is 98.0 Å². The summed E-state index contributed by atoms with van der Waals surface area (Å²) in [6, 6.07) is 19.4. The molecule has 2 atom stereocenters. The molecule has 3 aromatic carbocycles. The molecule has 6 nitrogen and oxygen atoms in total. The van der Waals surface area contributed by atoms with Crippen LogP contribution in [0, 0.1) is 25.2 Å². The van der Waals surface area contributed by atoms with E-state index in [0.717, 1.165) is 58.6 Å². The molecule has 2 aliphatic heterocycles. The standard InChI is InChI=1S/C30H30ClN5O/c1-19-10-23(31)14-25(11-19)36-18-34-28-12-20(2)26(22-7-4-6-21(13-22)16-32)15-27(28)29(36)30(37)35(3)17-24-8-5-9-33-24/h4,6-7,10-15,18,24,29,33H,5,8-9,17H2,1-3H3/t24-,29?/m0/s1. The number of carbonyl (C=O) groups is 1. The number of fused-ring (bicyclic) bond motifs is 1. The van der Waals surface area contributed by atoms with Crippen molar-refractivity contribution in [2.45, 2.75) is 38.8 Å². The van der Waals surface area contributed by atoms with Crippen LogP contribution < -0.4 is 10.2 Å². The zero-order valence-corrected chi connectivity index (χ0v) is 22.1. The van der Waals surface area contributed by atoms with E-state index in [9.17, 15) is 10.1 Å². The van der Waals surface area contributed by atoms with Crippen LogP contribution in [0.2, 0.25) is 5.02 Å². The number of hydrogen-bond donors (Lipinski definition) is 1. The summed E-state index contributed by atoms with van der Waals surface area (Å²) in [6.07, 6.45) is 3.94. The molecule has 37 heavy (non-hydrogen) atoms. The van der Waals surface area contributed by atoms with E-state index in [0.29, 0.717) is 23.2 Å². The zero-order chi connectivity index (χ0) is 26.1. The number of halogens is 1. The lowest BCUT2D eigenvalue weighted by molar-refractivity contribution is -0.131. The molecule has 2 aliphatic rings. The molecular weight excluding hydrogens is 482 g/mol. The van der Waals surface area contributed by atoms with E-state index >= 15 is 0 Å². The average molecular weight is 512 g/mol. The summed E-state index contributed by atoms with van der Waals surface area (Å²) >= 11 is 6.43. The van der Waals surface area contributed by atoms with E-state index in [4.69, 9.17) is 16.6 Å². The molecule has 1 amide bonds. The summed E-state index contributed by atoms with van der Waals surface area (Å²) < 4.78 is 0. The van der Waals surface area contributed by atoms with E-state index in [1.165, 1.54) is 0 Å². The minimum absolute atomic E-state index is 0.000641. The van der Waals surface area contributed by atoms with Gasteiger partial charge in [-0.2, -0.15) is 5.26 Å². The van der Waals surface area contributed by atoms with Crippen molar-refractivity contribution in [1.29, 1.82) is 5.26 Å². The summed E-state index contributed by atoms with van der Waals surface area (Å²) in [6.45, 7) is 5.66. The molecule has 0 aromatic heterocycles. The molecule has 7 heteroatoms. The van der Waals surface area contributed by atoms with Crippen LogP contribution in [-0.2, 0) is 4.79 Å². The lowest BCUT2D eigenvalue weighted by Gasteiger charge is -2.36. The van der Waals surface area contributed by atoms with Gasteiger partial charge >= 0.3 is 0 Å². The number of hydrogen-bond acceptors (Lipinski definition) is 5. The predicted octanol–water partition coefficient (Wildman–Crippen LogP) is 5.93. The second-order valence-corrected chi connectivity index (χ2v) is 10.4. The fourth-order valence-electron chi connectivity index (χ4n) is 5.32. The fourth-order valence-corrected chi connectivity index (χ4v) is 5.61. The van der Waals surface area contributed by atoms with Gasteiger partial charge in [-0.3, -0.25) is 4.79 Å². The van der Waals surface area contributed by atoms with Crippen LogP contribution in [0.15, 0.2) is 59.6 Å². The van der Waals surface area contributed by atoms with Crippen LogP contribution in [0.25, 0.3) is 11.1 Å². The summed E-state index contributed by atoms with van der Waals surface area (Å²) in [5, 5.41) is 13.5. The van der Waals surface area contributed by atoms with Gasteiger partial charge in [0.25, 0.3) is 0 Å². The number of anilines is 1. The maximum atomic E-state index is 14.2. The van der Waals surface area contributed by atoms with E-state index in [1.54, 1.807) is 12.4 Å². The van der Waals surface area contributed by atoms with E-state index in [2.05, 4.69) is 17.5 Å². The van der Waals surface area contributed by atoms with Gasteiger partial charge in [0, 0.05) is 35.9 Å². The second kappa shape index (κ2) is 10.4. The first-order valence-electron chi connectivity index (χ1n) is 12.6. The van der Waals surface area contributed by atoms with Crippen LogP contribution in [0.4, 0.5) is 11.4 Å². The molecule has 0 aliphatic carbocycles. The minimum Gasteiger partial charge on any atom is -0.342 e. The van der Waals surface area contributed by atoms with Crippen molar-refractivity contribution in [1.82, 2.24) is 10.2 Å². The Balaban J connectivity index is 1.62. The number of nitriles is 1. The molecule has 2 heterocycles. The first kappa shape index (κ1) is 25.0. The monoisotopic (exact) mass is 511 g/mol. The normalized spacial score (nSPS) is 18.4. The zero-order valence-electron chi connectivity index (χ0n) is 21.3. The van der Waals surface area contributed by atoms with Gasteiger partial charge in [0.15, 0.2) is 0 Å². The molecule has 3 aromatic rings. The smallest absolute Gasteiger partial charge is 0.250 e. The van der Waals surface area contributed by atoms with Crippen molar-refractivity contribution in [3.8, 4) is 17.2 Å². The minimum atomic E-state index is -0.602. The molecule has 0 radical (unpaired) electrons. The fraction of sp³-hybridized carbons (Fsp3) is 0.300. The Bertz CT molecular complexity index is 1400. The number of amides is 1. The highest BCUT2D eigenvalue weighted by molar-refractivity contribution is 6.31. The first-order valence-corrected chi connectivity index (χ1v) is 12.9. The van der Waals surface area contributed by atoms with E-state index in [-0.39, 0.29) is 5.91 Å². The topological polar surface area (TPSA) is 71.7 Å². The third kappa shape index (κ3) is 5.11. The molecular formula is C30H30ClN5O. The van der Waals surface area contributed by atoms with Gasteiger partial charge in [-0.25, -0.2) is 4.99 Å². The Labute approximate surface area is 223 Å². The molecule has 0 spiro atoms. The molecule has 1 unspecified atom stereocenters. The molecule has 1 N–H and O–H groups in total. The Morgan fingerprint density at radius 2 is 2.05 bits per heavy atom. The van der Waals surface area contributed by atoms with Gasteiger partial charge in [-0.15, -0.1) is 0 Å². The van der Waals surface area contributed by atoms with Crippen molar-refractivity contribution < 1.29 is 4.79 Å². The maximum Gasteiger partial charge on any atom is 0.250 e. The Morgan fingerprint density at radius 1 is 1.22 bits per heavy atom. The highest BCUT2D eigenvalue weighted by Gasteiger charge is 2.35. The quantitative estimate of drug-likeness (QED) is 0.461. The van der Waals surface area contributed by atoms with Gasteiger partial charge in [0.05, 0.1) is 23.7 Å². The van der Waals surface area contributed by atoms with Gasteiger partial charge < -0.3 is 15.1 Å². The summed E-state index contributed by atoms with van der Waals surface area (Å²) in [7, 11) is 1.88. The number of aliphatic imine (C=N–C) groups is 1. The number of nitrogens with one attached hydrogen (secondary N) is 1. The number of likely N-dealkylation sites (N-methyl/N-ethyl adjacent to an activating group) is 1. The maximum absolute atomic E-state index is 14.2. The summed E-state index contributed by atoms with van der Waals surface area (Å²) in [5.41, 5.74) is 6.99. The number of carbonyl (C=O) groups excluding carboxylic acids is 1. The van der Waals surface area contributed by atoms with Crippen molar-refractivity contribution >= 4 is 35.2 Å². The van der Waals surface area contributed by atoms with Crippen molar-refractivity contribution in [2.75, 3.05) is 25.0 Å². The molecule has 188 valence electrons. The molecule has 1 fully saturated rings. The highest BCUT2D eigenvalue weighted by Crippen LogP contribution is 2.41. The Hall–Kier alpha value is -3.66. The van der Waals surface area contributed by atoms with Crippen molar-refractivity contribution in [3.63, 3.8) is 0 Å². The number of aryl methyl sites for hydroxylation is 2. The summed E-state index contributed by atoms with van der Waals surface area (Å²) in [5.74, 6) is -0.000641. The van der Waals surface area contributed by atoms with Crippen LogP contribution >= 0.6 is 11.6 Å². The first-order chi connectivity index (χ1) is 17.8. The van der Waals surface area contributed by atoms with E-state index in [1.807, 2.05) is 73.2 Å². The third-order valence-corrected chi connectivity index (χ3v) is 7.38. The lowest BCUT2D eigenvalue weighted by atomic mass is 9.91. The highest BCUT2D eigenvalue weighted by atomic mass is 35.5. The molecule has 0 bridgehead atoms. The van der Waals surface area contributed by atoms with Gasteiger partial charge in [0.1, 0.15) is 6.04 Å². The van der Waals surface area contributed by atoms with Crippen LogP contribution in [0.5, 0.6) is 0 Å². The predicted molar refractivity (Wildman–Crippen MR) is 150 cm³/mol. The van der Waals surface area contributed by atoms with Gasteiger partial charge in [0.2, 0.25) is 5.91 Å². The SMILES string of the molecule is Cc1cc(Cl)cc(N2C=Nc3cc(C)c(-c4cccc(C#N)c4)cc3C2C(=O)N(C)C[C@@H]2CCCN2)c1. The molecule has 1 saturated heterocycles. The summed E-state index contributed by atoms with van der Waals surface area (Å²) in [4.78, 5) is 22.7. The molecule has 5 rings (SSSR count). The lowest BCUT2D eigenvalue weighted by Crippen LogP contribution is -2.46. The Kier molecular flexibility index (Phi) is 7.01. The van der Waals surface area contributed by atoms with Crippen molar-refractivity contribution in [2.24, 2.45) is 4.99 Å². The van der Waals surface area contributed by atoms with Crippen LogP contribution in [0.3, 0.4) is 0 Å². The van der Waals surface area contributed by atoms with Gasteiger partial charge in [-0.1, -0.05) is 23.7 Å². The Morgan fingerprint density at radius 3 is 2.78 bits per heavy atom.